The molecule has 700 valence electrons. The van der Waals surface area contributed by atoms with Crippen LogP contribution in [-0.2, 0) is 25.7 Å². The predicted molar refractivity (Wildman–Crippen MR) is 575 cm³/mol. The molecule has 0 bridgehead atoms. The van der Waals surface area contributed by atoms with Crippen molar-refractivity contribution in [1.82, 2.24) is 14.1 Å². The molecule has 0 atom stereocenters. The monoisotopic (exact) mass is 1970 g/mol. The number of aromatic nitrogens is 3. The van der Waals surface area contributed by atoms with Gasteiger partial charge in [0.2, 0.25) is 0 Å². The van der Waals surface area contributed by atoms with E-state index in [1.165, 1.54) is 57.9 Å². The van der Waals surface area contributed by atoms with Crippen molar-refractivity contribution in [3.05, 3.63) is 442 Å². The third kappa shape index (κ3) is 14.9. The Morgan fingerprint density at radius 3 is 1.40 bits per heavy atom. The Morgan fingerprint density at radius 1 is 0.312 bits per heavy atom. The minimum Gasteiger partial charge on any atom is -0.454 e. The number of para-hydroxylation sites is 6. The topological polar surface area (TPSA) is 136 Å². The predicted octanol–water partition coefficient (Wildman–Crippen LogP) is 34.5. The van der Waals surface area contributed by atoms with Gasteiger partial charge in [-0.15, -0.1) is 22.7 Å². The molecule has 0 unspecified atom stereocenters. The molecule has 144 heavy (non-hydrogen) atoms. The number of pyridine rings is 1. The highest BCUT2D eigenvalue weighted by Gasteiger charge is 2.50. The fraction of sp³-hybridized carbons (Fsp3) is 0.0417. The van der Waals surface area contributed by atoms with Crippen molar-refractivity contribution in [3.8, 4) is 34.0 Å². The van der Waals surface area contributed by atoms with E-state index in [2.05, 4.69) is 184 Å². The number of hydrogen-bond acceptors (Lipinski definition) is 14. The summed E-state index contributed by atoms with van der Waals surface area (Å²) in [7, 11) is -12.2. The van der Waals surface area contributed by atoms with E-state index in [0.717, 1.165) is 141 Å². The summed E-state index contributed by atoms with van der Waals surface area (Å²) in [6.07, 6.45) is 1.80. The van der Waals surface area contributed by atoms with Crippen LogP contribution in [0.3, 0.4) is 0 Å². The van der Waals surface area contributed by atoms with Gasteiger partial charge in [-0.3, -0.25) is 4.98 Å². The highest BCUT2D eigenvalue weighted by molar-refractivity contribution is 7.88. The first-order valence-electron chi connectivity index (χ1n) is 46.4. The first kappa shape index (κ1) is 88.4. The Balaban J connectivity index is 0.000000151. The summed E-state index contributed by atoms with van der Waals surface area (Å²) in [5.74, 6) is -1.02. The molecule has 0 saturated carbocycles. The van der Waals surface area contributed by atoms with Gasteiger partial charge in [-0.25, -0.2) is 0 Å². The molecule has 25 aromatic rings. The fourth-order valence-electron chi connectivity index (χ4n) is 20.8. The molecule has 0 fully saturated rings. The number of hydrogen-bond donors (Lipinski definition) is 0. The maximum atomic E-state index is 14.2. The van der Waals surface area contributed by atoms with Crippen LogP contribution in [0.5, 0.6) is 11.5 Å². The zero-order valence-electron chi connectivity index (χ0n) is 76.4. The maximum absolute atomic E-state index is 14.2. The molecule has 1 aliphatic carbocycles. The van der Waals surface area contributed by atoms with Gasteiger partial charge in [-0.05, 0) is 233 Å². The van der Waals surface area contributed by atoms with Crippen LogP contribution in [0.15, 0.2) is 435 Å². The number of alkyl halides is 6. The number of thiophene rings is 2. The van der Waals surface area contributed by atoms with Crippen molar-refractivity contribution in [2.24, 2.45) is 0 Å². The molecule has 0 aliphatic heterocycles. The Labute approximate surface area is 828 Å². The lowest BCUT2D eigenvalue weighted by Gasteiger charge is -2.28. The van der Waals surface area contributed by atoms with Crippen LogP contribution in [0.4, 0.5) is 94.6 Å². The van der Waals surface area contributed by atoms with Gasteiger partial charge in [0.1, 0.15) is 17.1 Å². The average molecular weight is 1970 g/mol. The summed E-state index contributed by atoms with van der Waals surface area (Å²) in [6, 6.07) is 139. The van der Waals surface area contributed by atoms with E-state index in [1.54, 1.807) is 17.5 Å². The van der Waals surface area contributed by atoms with Gasteiger partial charge in [0, 0.05) is 154 Å². The Kier molecular flexibility index (Phi) is 21.0. The Bertz CT molecular complexity index is 9760. The molecule has 24 heteroatoms. The van der Waals surface area contributed by atoms with Crippen molar-refractivity contribution in [3.63, 3.8) is 0 Å². The molecule has 19 aromatic carbocycles. The Hall–Kier alpha value is -17.0. The first-order valence-corrected chi connectivity index (χ1v) is 50.8. The number of rotatable bonds is 18. The molecular weight excluding hydrogens is 1890 g/mol. The number of benzene rings is 19. The summed E-state index contributed by atoms with van der Waals surface area (Å²) in [4.78, 5) is 12.9. The van der Waals surface area contributed by atoms with Crippen LogP contribution in [-0.4, -0.2) is 42.0 Å². The molecule has 6 heterocycles. The van der Waals surface area contributed by atoms with Crippen molar-refractivity contribution in [2.75, 3.05) is 19.6 Å². The van der Waals surface area contributed by atoms with Gasteiger partial charge < -0.3 is 41.5 Å². The van der Waals surface area contributed by atoms with Crippen LogP contribution in [0.25, 0.3) is 150 Å². The van der Waals surface area contributed by atoms with E-state index in [1.807, 2.05) is 259 Å². The number of furan rings is 1. The van der Waals surface area contributed by atoms with E-state index in [0.29, 0.717) is 60.2 Å². The second kappa shape index (κ2) is 34.2. The quantitative estimate of drug-likeness (QED) is 0.0460. The highest BCUT2D eigenvalue weighted by Crippen LogP contribution is 2.56. The molecule has 0 saturated heterocycles. The Morgan fingerprint density at radius 2 is 0.757 bits per heavy atom. The lowest BCUT2D eigenvalue weighted by Crippen LogP contribution is -2.28. The van der Waals surface area contributed by atoms with Crippen LogP contribution < -0.4 is 28.0 Å². The molecule has 0 N–H and O–H groups in total. The average Bonchev–Trinajstić information content (AvgIpc) is 1.56. The summed E-state index contributed by atoms with van der Waals surface area (Å²) in [6.45, 7) is 4.46. The van der Waals surface area contributed by atoms with Gasteiger partial charge in [0.15, 0.2) is 5.58 Å². The molecule has 0 spiro atoms. The fourth-order valence-corrected chi connectivity index (χ4v) is 24.1. The van der Waals surface area contributed by atoms with Crippen LogP contribution in [0, 0.1) is 0 Å². The number of halogens is 6. The minimum atomic E-state index is -6.11. The summed E-state index contributed by atoms with van der Waals surface area (Å²) in [5.41, 5.74) is 8.82. The third-order valence-corrected chi connectivity index (χ3v) is 31.6. The van der Waals surface area contributed by atoms with Crippen LogP contribution in [0.2, 0.25) is 0 Å². The van der Waals surface area contributed by atoms with Gasteiger partial charge in [0.25, 0.3) is 0 Å². The van der Waals surface area contributed by atoms with Gasteiger partial charge >= 0.3 is 31.3 Å². The molecular formula is C120H77F6N7O7S4. The van der Waals surface area contributed by atoms with Gasteiger partial charge in [-0.2, -0.15) is 43.2 Å². The molecule has 0 amide bonds. The van der Waals surface area contributed by atoms with Crippen molar-refractivity contribution >= 4 is 239 Å². The summed E-state index contributed by atoms with van der Waals surface area (Å²) >= 11 is 3.17. The molecule has 0 radical (unpaired) electrons. The summed E-state index contributed by atoms with van der Waals surface area (Å²) < 4.78 is 162. The maximum Gasteiger partial charge on any atom is 0.534 e. The van der Waals surface area contributed by atoms with Crippen LogP contribution in [0.1, 0.15) is 25.0 Å². The standard InChI is InChI=1S/C62H42F3N3O4S.C58H35F3N4O3S3/c1-61(2)53-25-13-11-23-47(53)48-31-28-43(35-54(48)61)66(40-18-5-3-6-19-40)42-30-33-59-51(34-42)52-37-45(72-73(69,70)62(63,64)65)38-58(60(52)71-59)67(41-20-7-4-8-21-41)44-29-32-50-49-24-12-14-26-56(49)68(57(50)36-44)55-27-15-17-39-16-9-10-22-46(39)55;59-58(60,61)71(66,67)68-43-34-49-48-31-40(63(37-14-4-1-5-15-37)42-23-27-46-51(33-42)65(39-18-8-3-9-19-39)50-21-12-30-62-55(46)50)24-28-54(48)70-57(49)52(35-43)64(38-16-6-2-7-17-38)41-25-29-53-47(32-41)45-26-22-36-13-10-11-20-44(36)56(45)69-53/h3-38H,1-2H3;1-35H. The molecule has 26 rings (SSSR count). The van der Waals surface area contributed by atoms with Crippen molar-refractivity contribution in [2.45, 2.75) is 30.3 Å². The van der Waals surface area contributed by atoms with E-state index < -0.39 is 42.8 Å². The zero-order valence-corrected chi connectivity index (χ0v) is 79.6. The first-order chi connectivity index (χ1) is 69.9. The molecule has 14 nitrogen and oxygen atoms in total. The second-order valence-corrected chi connectivity index (χ2v) is 41.2. The van der Waals surface area contributed by atoms with E-state index >= 15 is 0 Å². The number of nitrogens with zero attached hydrogens (tertiary/aromatic N) is 7. The number of fused-ring (bicyclic) bond motifs is 21. The van der Waals surface area contributed by atoms with Crippen molar-refractivity contribution < 1.29 is 56.0 Å². The van der Waals surface area contributed by atoms with E-state index in [-0.39, 0.29) is 11.1 Å². The minimum absolute atomic E-state index is 0.251. The largest absolute Gasteiger partial charge is 0.534 e. The second-order valence-electron chi connectivity index (χ2n) is 36.0. The van der Waals surface area contributed by atoms with Crippen LogP contribution >= 0.6 is 22.7 Å². The van der Waals surface area contributed by atoms with Crippen molar-refractivity contribution in [1.29, 1.82) is 0 Å². The smallest absolute Gasteiger partial charge is 0.454 e. The van der Waals surface area contributed by atoms with E-state index in [4.69, 9.17) is 17.8 Å². The van der Waals surface area contributed by atoms with Gasteiger partial charge in [0.05, 0.1) is 49.3 Å². The van der Waals surface area contributed by atoms with E-state index in [9.17, 15) is 43.2 Å². The molecule has 1 aliphatic rings. The van der Waals surface area contributed by atoms with Gasteiger partial charge in [-0.1, -0.05) is 232 Å². The summed E-state index contributed by atoms with van der Waals surface area (Å²) in [5, 5.41) is 11.6. The zero-order chi connectivity index (χ0) is 97.8. The number of anilines is 12. The highest BCUT2D eigenvalue weighted by atomic mass is 32.2. The lowest BCUT2D eigenvalue weighted by molar-refractivity contribution is -0.0504. The lowest BCUT2D eigenvalue weighted by atomic mass is 9.82. The third-order valence-electron chi connectivity index (χ3n) is 27.2. The molecule has 6 aromatic heterocycles. The SMILES string of the molecule is CC1(C)c2ccccc2-c2ccc(N(c3ccccc3)c3ccc4oc5c(N(c6ccccc6)c6ccc7c8ccccc8n(-c8cccc9ccccc89)c7c6)cc(OS(=O)(=O)C(F)(F)F)cc5c4c3)cc21.O=S(=O)(Oc1cc(N(c2ccccc2)c2ccc3sc4c5ccccc5ccc4c3c2)c2sc3ccc(N(c4ccccc4)c4ccc5c6ncccc6n(-c6ccccc6)c5c4)cc3c2c1)C(F)(F)F. The normalized spacial score (nSPS) is 12.8.